The van der Waals surface area contributed by atoms with E-state index in [4.69, 9.17) is 0 Å². The molecular weight excluding hydrogens is 324 g/mol. The van der Waals surface area contributed by atoms with Crippen LogP contribution in [0.5, 0.6) is 0 Å². The van der Waals surface area contributed by atoms with Crippen LogP contribution in [0.3, 0.4) is 0 Å². The summed E-state index contributed by atoms with van der Waals surface area (Å²) in [4.78, 5) is 36.8. The number of nitrogens with one attached hydrogen (secondary N) is 1. The molecule has 0 unspecified atom stereocenters. The van der Waals surface area contributed by atoms with Crippen LogP contribution in [-0.4, -0.2) is 24.1 Å². The standard InChI is InChI=1S/C14H13BrN2O3/c1-3-6-17-11-5-4-9(16-13(19)8(2)15)7-10(11)12(18)14(17)20/h4-5,7H,2-3,6H2,1H3,(H,16,19). The number of carbonyl (C=O) groups is 3. The van der Waals surface area contributed by atoms with E-state index in [0.29, 0.717) is 23.5 Å². The van der Waals surface area contributed by atoms with Crippen LogP contribution in [0, 0.1) is 0 Å². The molecule has 0 saturated carbocycles. The summed E-state index contributed by atoms with van der Waals surface area (Å²) in [6, 6.07) is 4.83. The van der Waals surface area contributed by atoms with E-state index >= 15 is 0 Å². The van der Waals surface area contributed by atoms with Crippen LogP contribution in [0.25, 0.3) is 0 Å². The summed E-state index contributed by atoms with van der Waals surface area (Å²) in [5.74, 6) is -1.45. The first-order valence-corrected chi connectivity index (χ1v) is 6.91. The zero-order valence-electron chi connectivity index (χ0n) is 10.9. The van der Waals surface area contributed by atoms with Crippen molar-refractivity contribution in [3.63, 3.8) is 0 Å². The highest BCUT2D eigenvalue weighted by molar-refractivity contribution is 9.12. The number of hydrogen-bond acceptors (Lipinski definition) is 3. The highest BCUT2D eigenvalue weighted by atomic mass is 79.9. The molecule has 6 heteroatoms. The molecule has 0 atom stereocenters. The number of amides is 2. The topological polar surface area (TPSA) is 66.5 Å². The van der Waals surface area contributed by atoms with E-state index in [0.717, 1.165) is 6.42 Å². The van der Waals surface area contributed by atoms with Gasteiger partial charge in [0.25, 0.3) is 17.6 Å². The van der Waals surface area contributed by atoms with Crippen LogP contribution in [0.4, 0.5) is 11.4 Å². The lowest BCUT2D eigenvalue weighted by atomic mass is 10.1. The number of halogens is 1. The van der Waals surface area contributed by atoms with Gasteiger partial charge in [-0.25, -0.2) is 0 Å². The van der Waals surface area contributed by atoms with Crippen molar-refractivity contribution in [3.05, 3.63) is 34.8 Å². The molecule has 1 aliphatic rings. The van der Waals surface area contributed by atoms with Crippen LogP contribution in [0.1, 0.15) is 23.7 Å². The van der Waals surface area contributed by atoms with Crippen molar-refractivity contribution in [1.82, 2.24) is 0 Å². The van der Waals surface area contributed by atoms with E-state index in [9.17, 15) is 14.4 Å². The van der Waals surface area contributed by atoms with E-state index < -0.39 is 17.6 Å². The number of ketones is 1. The summed E-state index contributed by atoms with van der Waals surface area (Å²) >= 11 is 2.98. The Morgan fingerprint density at radius 1 is 1.40 bits per heavy atom. The van der Waals surface area contributed by atoms with Gasteiger partial charge in [0, 0.05) is 12.2 Å². The van der Waals surface area contributed by atoms with Gasteiger partial charge in [0.2, 0.25) is 0 Å². The average molecular weight is 337 g/mol. The largest absolute Gasteiger partial charge is 0.322 e. The summed E-state index contributed by atoms with van der Waals surface area (Å²) in [7, 11) is 0. The average Bonchev–Trinajstić information content (AvgIpc) is 2.64. The molecule has 1 heterocycles. The second kappa shape index (κ2) is 5.58. The fraction of sp³-hybridized carbons (Fsp3) is 0.214. The molecular formula is C14H13BrN2O3. The number of nitrogens with zero attached hydrogens (tertiary/aromatic N) is 1. The van der Waals surface area contributed by atoms with E-state index in [1.54, 1.807) is 12.1 Å². The fourth-order valence-corrected chi connectivity index (χ4v) is 2.12. The van der Waals surface area contributed by atoms with Gasteiger partial charge in [-0.2, -0.15) is 0 Å². The van der Waals surface area contributed by atoms with Crippen LogP contribution in [-0.2, 0) is 9.59 Å². The first kappa shape index (κ1) is 14.5. The number of fused-ring (bicyclic) bond motifs is 1. The van der Waals surface area contributed by atoms with Gasteiger partial charge >= 0.3 is 0 Å². The Kier molecular flexibility index (Phi) is 4.04. The Labute approximate surface area is 124 Å². The molecule has 0 spiro atoms. The first-order chi connectivity index (χ1) is 9.45. The van der Waals surface area contributed by atoms with Crippen molar-refractivity contribution in [2.45, 2.75) is 13.3 Å². The van der Waals surface area contributed by atoms with Crippen molar-refractivity contribution >= 4 is 44.9 Å². The van der Waals surface area contributed by atoms with Crippen LogP contribution in [0.15, 0.2) is 29.3 Å². The van der Waals surface area contributed by atoms with Gasteiger partial charge in [-0.05, 0) is 40.5 Å². The molecule has 0 radical (unpaired) electrons. The lowest BCUT2D eigenvalue weighted by molar-refractivity contribution is -0.114. The molecule has 2 amide bonds. The van der Waals surface area contributed by atoms with E-state index in [2.05, 4.69) is 27.8 Å². The number of carbonyl (C=O) groups excluding carboxylic acids is 3. The smallest absolute Gasteiger partial charge is 0.299 e. The maximum atomic E-state index is 11.9. The Bertz CT molecular complexity index is 625. The molecule has 1 N–H and O–H groups in total. The second-order valence-electron chi connectivity index (χ2n) is 4.38. The van der Waals surface area contributed by atoms with E-state index in [1.807, 2.05) is 6.92 Å². The van der Waals surface area contributed by atoms with Gasteiger partial charge < -0.3 is 10.2 Å². The van der Waals surface area contributed by atoms with E-state index in [1.165, 1.54) is 11.0 Å². The van der Waals surface area contributed by atoms with Gasteiger partial charge in [-0.3, -0.25) is 14.4 Å². The number of hydrogen-bond donors (Lipinski definition) is 1. The maximum absolute atomic E-state index is 11.9. The van der Waals surface area contributed by atoms with Gasteiger partial charge in [-0.1, -0.05) is 13.5 Å². The second-order valence-corrected chi connectivity index (χ2v) is 5.33. The third-order valence-electron chi connectivity index (χ3n) is 2.92. The highest BCUT2D eigenvalue weighted by Crippen LogP contribution is 2.31. The molecule has 104 valence electrons. The van der Waals surface area contributed by atoms with Gasteiger partial charge in [0.05, 0.1) is 15.7 Å². The van der Waals surface area contributed by atoms with Crippen molar-refractivity contribution < 1.29 is 14.4 Å². The molecule has 0 saturated heterocycles. The molecule has 1 aromatic carbocycles. The van der Waals surface area contributed by atoms with Gasteiger partial charge in [0.1, 0.15) is 0 Å². The fourth-order valence-electron chi connectivity index (χ4n) is 2.02. The lowest BCUT2D eigenvalue weighted by Gasteiger charge is -2.15. The first-order valence-electron chi connectivity index (χ1n) is 6.11. The Balaban J connectivity index is 2.33. The predicted octanol–water partition coefficient (Wildman–Crippen LogP) is 2.47. The monoisotopic (exact) mass is 336 g/mol. The van der Waals surface area contributed by atoms with Crippen molar-refractivity contribution in [1.29, 1.82) is 0 Å². The molecule has 20 heavy (non-hydrogen) atoms. The highest BCUT2D eigenvalue weighted by Gasteiger charge is 2.35. The zero-order valence-corrected chi connectivity index (χ0v) is 12.5. The minimum absolute atomic E-state index is 0.188. The van der Waals surface area contributed by atoms with Gasteiger partial charge in [-0.15, -0.1) is 0 Å². The van der Waals surface area contributed by atoms with Crippen LogP contribution < -0.4 is 10.2 Å². The van der Waals surface area contributed by atoms with Gasteiger partial charge in [0.15, 0.2) is 0 Å². The minimum Gasteiger partial charge on any atom is -0.322 e. The number of rotatable bonds is 4. The van der Waals surface area contributed by atoms with Crippen LogP contribution >= 0.6 is 15.9 Å². The maximum Gasteiger partial charge on any atom is 0.299 e. The molecule has 1 aromatic rings. The predicted molar refractivity (Wildman–Crippen MR) is 80.1 cm³/mol. The lowest BCUT2D eigenvalue weighted by Crippen LogP contribution is -2.30. The molecule has 1 aliphatic heterocycles. The third kappa shape index (κ3) is 2.51. The molecule has 0 bridgehead atoms. The zero-order chi connectivity index (χ0) is 14.9. The summed E-state index contributed by atoms with van der Waals surface area (Å²) in [6.07, 6.45) is 0.764. The molecule has 0 aliphatic carbocycles. The molecule has 2 rings (SSSR count). The minimum atomic E-state index is -0.540. The summed E-state index contributed by atoms with van der Waals surface area (Å²) in [6.45, 7) is 5.90. The Morgan fingerprint density at radius 3 is 2.70 bits per heavy atom. The quantitative estimate of drug-likeness (QED) is 0.678. The summed E-state index contributed by atoms with van der Waals surface area (Å²) in [5, 5.41) is 2.59. The Morgan fingerprint density at radius 2 is 2.10 bits per heavy atom. The van der Waals surface area contributed by atoms with Crippen molar-refractivity contribution in [2.24, 2.45) is 0 Å². The Hall–Kier alpha value is -1.95. The molecule has 0 aromatic heterocycles. The third-order valence-corrected chi connectivity index (χ3v) is 3.28. The number of Topliss-reactive ketones (excluding diaryl/α,β-unsaturated/α-hetero) is 1. The van der Waals surface area contributed by atoms with Crippen molar-refractivity contribution in [3.8, 4) is 0 Å². The number of benzene rings is 1. The van der Waals surface area contributed by atoms with Crippen molar-refractivity contribution in [2.75, 3.05) is 16.8 Å². The summed E-state index contributed by atoms with van der Waals surface area (Å²) < 4.78 is 0.188. The SMILES string of the molecule is C=C(Br)C(=O)Nc1ccc2c(c1)C(=O)C(=O)N2CCC. The van der Waals surface area contributed by atoms with Crippen LogP contribution in [0.2, 0.25) is 0 Å². The normalized spacial score (nSPS) is 13.4. The molecule has 0 fully saturated rings. The molecule has 5 nitrogen and oxygen atoms in total. The number of anilines is 2. The summed E-state index contributed by atoms with van der Waals surface area (Å²) in [5.41, 5.74) is 1.37. The van der Waals surface area contributed by atoms with E-state index in [-0.39, 0.29) is 4.48 Å².